The molecule has 142 valence electrons. The second-order valence-electron chi connectivity index (χ2n) is 6.75. The van der Waals surface area contributed by atoms with E-state index in [1.165, 1.54) is 12.1 Å². The van der Waals surface area contributed by atoms with Crippen LogP contribution in [0.15, 0.2) is 54.6 Å². The molecule has 1 aliphatic rings. The summed E-state index contributed by atoms with van der Waals surface area (Å²) in [5.41, 5.74) is 1.60. The molecule has 2 aromatic carbocycles. The standard InChI is InChI=1S/C21H24FN3O2/c22-18-6-8-19(9-7-18)25-13-11-16(15-25)14-24-20(26)10-12-23-21(27)17-4-2-1-3-5-17/h1-9,16H,10-15H2,(H,23,27)(H,24,26). The van der Waals surface area contributed by atoms with E-state index in [2.05, 4.69) is 15.5 Å². The highest BCUT2D eigenvalue weighted by Crippen LogP contribution is 2.23. The number of hydrogen-bond donors (Lipinski definition) is 2. The molecule has 0 spiro atoms. The lowest BCUT2D eigenvalue weighted by molar-refractivity contribution is -0.121. The summed E-state index contributed by atoms with van der Waals surface area (Å²) in [6.07, 6.45) is 1.25. The van der Waals surface area contributed by atoms with Crippen molar-refractivity contribution in [3.05, 3.63) is 66.0 Å². The third-order valence-electron chi connectivity index (χ3n) is 4.74. The predicted molar refractivity (Wildman–Crippen MR) is 103 cm³/mol. The Labute approximate surface area is 158 Å². The minimum Gasteiger partial charge on any atom is -0.371 e. The summed E-state index contributed by atoms with van der Waals surface area (Å²) >= 11 is 0. The molecule has 6 heteroatoms. The van der Waals surface area contributed by atoms with Gasteiger partial charge in [-0.3, -0.25) is 9.59 Å². The van der Waals surface area contributed by atoms with Crippen LogP contribution in [-0.2, 0) is 4.79 Å². The summed E-state index contributed by atoms with van der Waals surface area (Å²) in [7, 11) is 0. The fraction of sp³-hybridized carbons (Fsp3) is 0.333. The zero-order valence-electron chi connectivity index (χ0n) is 15.2. The van der Waals surface area contributed by atoms with Gasteiger partial charge in [0.25, 0.3) is 5.91 Å². The van der Waals surface area contributed by atoms with E-state index < -0.39 is 0 Å². The van der Waals surface area contributed by atoms with Crippen molar-refractivity contribution in [2.75, 3.05) is 31.1 Å². The molecule has 2 N–H and O–H groups in total. The van der Waals surface area contributed by atoms with Gasteiger partial charge in [-0.1, -0.05) is 18.2 Å². The number of benzene rings is 2. The fourth-order valence-electron chi connectivity index (χ4n) is 3.21. The van der Waals surface area contributed by atoms with Crippen molar-refractivity contribution in [1.82, 2.24) is 10.6 Å². The molecule has 0 aromatic heterocycles. The molecule has 1 fully saturated rings. The first kappa shape index (κ1) is 18.9. The minimum absolute atomic E-state index is 0.0661. The number of amides is 2. The maximum Gasteiger partial charge on any atom is 0.251 e. The predicted octanol–water partition coefficient (Wildman–Crippen LogP) is 2.59. The lowest BCUT2D eigenvalue weighted by atomic mass is 10.1. The summed E-state index contributed by atoms with van der Waals surface area (Å²) < 4.78 is 13.0. The molecule has 0 aliphatic carbocycles. The number of carbonyl (C=O) groups is 2. The summed E-state index contributed by atoms with van der Waals surface area (Å²) in [5, 5.41) is 5.69. The summed E-state index contributed by atoms with van der Waals surface area (Å²) in [6, 6.07) is 15.4. The highest BCUT2D eigenvalue weighted by molar-refractivity contribution is 5.94. The average molecular weight is 369 g/mol. The summed E-state index contributed by atoms with van der Waals surface area (Å²) in [4.78, 5) is 26.1. The summed E-state index contributed by atoms with van der Waals surface area (Å²) in [5.74, 6) is -0.100. The third-order valence-corrected chi connectivity index (χ3v) is 4.74. The molecule has 2 amide bonds. The van der Waals surface area contributed by atoms with E-state index in [1.807, 2.05) is 6.07 Å². The molecular formula is C21H24FN3O2. The normalized spacial score (nSPS) is 16.2. The number of rotatable bonds is 7. The SMILES string of the molecule is O=C(CCNC(=O)c1ccccc1)NCC1CCN(c2ccc(F)cc2)C1. The minimum atomic E-state index is -0.235. The molecule has 2 aromatic rings. The van der Waals surface area contributed by atoms with E-state index in [1.54, 1.807) is 36.4 Å². The first-order valence-corrected chi connectivity index (χ1v) is 9.22. The van der Waals surface area contributed by atoms with Crippen LogP contribution in [-0.4, -0.2) is 38.0 Å². The lowest BCUT2D eigenvalue weighted by Crippen LogP contribution is -2.34. The maximum atomic E-state index is 13.0. The van der Waals surface area contributed by atoms with E-state index in [4.69, 9.17) is 0 Å². The second kappa shape index (κ2) is 9.16. The molecule has 0 bridgehead atoms. The zero-order valence-corrected chi connectivity index (χ0v) is 15.2. The van der Waals surface area contributed by atoms with Crippen LogP contribution in [0, 0.1) is 11.7 Å². The van der Waals surface area contributed by atoms with Gasteiger partial charge in [-0.15, -0.1) is 0 Å². The van der Waals surface area contributed by atoms with E-state index in [0.29, 0.717) is 24.6 Å². The Balaban J connectivity index is 1.34. The smallest absolute Gasteiger partial charge is 0.251 e. The first-order valence-electron chi connectivity index (χ1n) is 9.22. The number of anilines is 1. The van der Waals surface area contributed by atoms with Gasteiger partial charge in [0.05, 0.1) is 0 Å². The highest BCUT2D eigenvalue weighted by Gasteiger charge is 2.23. The van der Waals surface area contributed by atoms with Gasteiger partial charge < -0.3 is 15.5 Å². The van der Waals surface area contributed by atoms with Crippen LogP contribution < -0.4 is 15.5 Å². The van der Waals surface area contributed by atoms with Crippen LogP contribution in [0.4, 0.5) is 10.1 Å². The number of nitrogens with zero attached hydrogens (tertiary/aromatic N) is 1. The van der Waals surface area contributed by atoms with Crippen molar-refractivity contribution >= 4 is 17.5 Å². The zero-order chi connectivity index (χ0) is 19.1. The Morgan fingerprint density at radius 3 is 2.52 bits per heavy atom. The molecule has 1 aliphatic heterocycles. The number of nitrogens with one attached hydrogen (secondary N) is 2. The Hall–Kier alpha value is -2.89. The lowest BCUT2D eigenvalue weighted by Gasteiger charge is -2.18. The Morgan fingerprint density at radius 2 is 1.78 bits per heavy atom. The van der Waals surface area contributed by atoms with Crippen molar-refractivity contribution < 1.29 is 14.0 Å². The molecular weight excluding hydrogens is 345 g/mol. The molecule has 27 heavy (non-hydrogen) atoms. The van der Waals surface area contributed by atoms with Crippen LogP contribution >= 0.6 is 0 Å². The van der Waals surface area contributed by atoms with Gasteiger partial charge in [0.15, 0.2) is 0 Å². The highest BCUT2D eigenvalue weighted by atomic mass is 19.1. The van der Waals surface area contributed by atoms with Crippen LogP contribution in [0.3, 0.4) is 0 Å². The first-order chi connectivity index (χ1) is 13.1. The number of carbonyl (C=O) groups excluding carboxylic acids is 2. The molecule has 1 atom stereocenters. The van der Waals surface area contributed by atoms with Gasteiger partial charge in [-0.25, -0.2) is 4.39 Å². The number of hydrogen-bond acceptors (Lipinski definition) is 3. The van der Waals surface area contributed by atoms with Crippen LogP contribution in [0.2, 0.25) is 0 Å². The van der Waals surface area contributed by atoms with Crippen molar-refractivity contribution in [3.8, 4) is 0 Å². The van der Waals surface area contributed by atoms with Crippen LogP contribution in [0.5, 0.6) is 0 Å². The molecule has 0 radical (unpaired) electrons. The van der Waals surface area contributed by atoms with Crippen LogP contribution in [0.1, 0.15) is 23.2 Å². The topological polar surface area (TPSA) is 61.4 Å². The Morgan fingerprint density at radius 1 is 1.04 bits per heavy atom. The van der Waals surface area contributed by atoms with Crippen molar-refractivity contribution in [2.24, 2.45) is 5.92 Å². The molecule has 1 unspecified atom stereocenters. The average Bonchev–Trinajstić information content (AvgIpc) is 3.16. The number of halogens is 1. The molecule has 1 saturated heterocycles. The fourth-order valence-corrected chi connectivity index (χ4v) is 3.21. The largest absolute Gasteiger partial charge is 0.371 e. The van der Waals surface area contributed by atoms with Gasteiger partial charge in [-0.2, -0.15) is 0 Å². The molecule has 3 rings (SSSR count). The third kappa shape index (κ3) is 5.54. The van der Waals surface area contributed by atoms with E-state index in [9.17, 15) is 14.0 Å². The van der Waals surface area contributed by atoms with E-state index in [-0.39, 0.29) is 24.1 Å². The van der Waals surface area contributed by atoms with Gasteiger partial charge in [0.1, 0.15) is 5.82 Å². The van der Waals surface area contributed by atoms with Crippen molar-refractivity contribution in [1.29, 1.82) is 0 Å². The van der Waals surface area contributed by atoms with Crippen LogP contribution in [0.25, 0.3) is 0 Å². The van der Waals surface area contributed by atoms with Crippen molar-refractivity contribution in [3.63, 3.8) is 0 Å². The monoisotopic (exact) mass is 369 g/mol. The van der Waals surface area contributed by atoms with Gasteiger partial charge in [0.2, 0.25) is 5.91 Å². The summed E-state index contributed by atoms with van der Waals surface area (Å²) in [6.45, 7) is 2.67. The quantitative estimate of drug-likeness (QED) is 0.789. The Kier molecular flexibility index (Phi) is 6.41. The molecule has 1 heterocycles. The van der Waals surface area contributed by atoms with Gasteiger partial charge in [-0.05, 0) is 48.7 Å². The molecule has 5 nitrogen and oxygen atoms in total. The second-order valence-corrected chi connectivity index (χ2v) is 6.75. The van der Waals surface area contributed by atoms with Crippen molar-refractivity contribution in [2.45, 2.75) is 12.8 Å². The van der Waals surface area contributed by atoms with E-state index in [0.717, 1.165) is 25.2 Å². The van der Waals surface area contributed by atoms with Gasteiger partial charge in [0, 0.05) is 43.9 Å². The van der Waals surface area contributed by atoms with Gasteiger partial charge >= 0.3 is 0 Å². The maximum absolute atomic E-state index is 13.0. The van der Waals surface area contributed by atoms with E-state index >= 15 is 0 Å². The molecule has 0 saturated carbocycles. The Bertz CT molecular complexity index is 765.